The highest BCUT2D eigenvalue weighted by Crippen LogP contribution is 2.46. The van der Waals surface area contributed by atoms with Crippen LogP contribution in [0.3, 0.4) is 0 Å². The normalized spacial score (nSPS) is 22.3. The first-order chi connectivity index (χ1) is 11.4. The van der Waals surface area contributed by atoms with Crippen LogP contribution in [0.15, 0.2) is 4.99 Å². The zero-order chi connectivity index (χ0) is 17.6. The van der Waals surface area contributed by atoms with E-state index in [1.807, 2.05) is 0 Å². The van der Waals surface area contributed by atoms with Crippen LogP contribution in [0.4, 0.5) is 0 Å². The van der Waals surface area contributed by atoms with Crippen LogP contribution in [0.25, 0.3) is 0 Å². The van der Waals surface area contributed by atoms with Gasteiger partial charge in [-0.2, -0.15) is 0 Å². The van der Waals surface area contributed by atoms with E-state index >= 15 is 0 Å². The maximum atomic E-state index is 11.8. The molecule has 0 atom stereocenters. The maximum absolute atomic E-state index is 11.8. The van der Waals surface area contributed by atoms with E-state index in [2.05, 4.69) is 31.4 Å². The zero-order valence-electron chi connectivity index (χ0n) is 15.9. The first-order valence-corrected chi connectivity index (χ1v) is 11.0. The molecule has 2 fully saturated rings. The number of rotatable bonds is 8. The molecule has 0 radical (unpaired) electrons. The Bertz CT molecular complexity index is 533. The van der Waals surface area contributed by atoms with Crippen molar-refractivity contribution in [2.24, 2.45) is 16.3 Å². The van der Waals surface area contributed by atoms with Crippen LogP contribution < -0.4 is 10.6 Å². The van der Waals surface area contributed by atoms with E-state index in [-0.39, 0.29) is 24.0 Å². The Morgan fingerprint density at radius 2 is 1.96 bits per heavy atom. The van der Waals surface area contributed by atoms with Crippen molar-refractivity contribution in [2.45, 2.75) is 52.9 Å². The summed E-state index contributed by atoms with van der Waals surface area (Å²) in [6, 6.07) is 0. The van der Waals surface area contributed by atoms with E-state index in [0.717, 1.165) is 25.5 Å². The molecule has 2 N–H and O–H groups in total. The summed E-state index contributed by atoms with van der Waals surface area (Å²) >= 11 is 0. The van der Waals surface area contributed by atoms with Crippen molar-refractivity contribution >= 4 is 40.0 Å². The fourth-order valence-electron chi connectivity index (χ4n) is 3.80. The topological polar surface area (TPSA) is 73.8 Å². The molecule has 148 valence electrons. The van der Waals surface area contributed by atoms with Crippen molar-refractivity contribution in [3.63, 3.8) is 0 Å². The van der Waals surface area contributed by atoms with Crippen molar-refractivity contribution in [1.82, 2.24) is 14.9 Å². The van der Waals surface area contributed by atoms with Gasteiger partial charge in [0.05, 0.1) is 5.75 Å². The minimum atomic E-state index is -3.01. The van der Waals surface area contributed by atoms with E-state index < -0.39 is 10.0 Å². The van der Waals surface area contributed by atoms with E-state index in [4.69, 9.17) is 4.99 Å². The zero-order valence-corrected chi connectivity index (χ0v) is 19.0. The molecule has 0 aromatic carbocycles. The Balaban J connectivity index is 0.00000312. The summed E-state index contributed by atoms with van der Waals surface area (Å²) in [5, 5.41) is 6.57. The molecule has 1 aliphatic heterocycles. The fraction of sp³-hybridized carbons (Fsp3) is 0.941. The molecule has 0 aromatic rings. The highest BCUT2D eigenvalue weighted by molar-refractivity contribution is 14.0. The van der Waals surface area contributed by atoms with E-state index in [0.29, 0.717) is 36.7 Å². The molecule has 1 aliphatic carbocycles. The molecule has 2 rings (SSSR count). The smallest absolute Gasteiger partial charge is 0.214 e. The van der Waals surface area contributed by atoms with Gasteiger partial charge in [-0.25, -0.2) is 12.7 Å². The number of nitrogens with one attached hydrogen (secondary N) is 2. The van der Waals surface area contributed by atoms with Crippen molar-refractivity contribution in [2.75, 3.05) is 38.5 Å². The van der Waals surface area contributed by atoms with Crippen molar-refractivity contribution in [3.05, 3.63) is 0 Å². The first kappa shape index (κ1) is 23.0. The highest BCUT2D eigenvalue weighted by atomic mass is 127. The summed E-state index contributed by atoms with van der Waals surface area (Å²) in [5.41, 5.74) is 0.384. The lowest BCUT2D eigenvalue weighted by atomic mass is 9.64. The van der Waals surface area contributed by atoms with Crippen LogP contribution in [0.2, 0.25) is 0 Å². The molecular formula is C17H35IN4O2S. The molecule has 8 heteroatoms. The average Bonchev–Trinajstić information content (AvgIpc) is 2.80. The summed E-state index contributed by atoms with van der Waals surface area (Å²) in [6.07, 6.45) is 5.86. The Hall–Kier alpha value is -0.0900. The van der Waals surface area contributed by atoms with Gasteiger partial charge in [-0.15, -0.1) is 24.0 Å². The molecule has 0 spiro atoms. The van der Waals surface area contributed by atoms with Crippen LogP contribution in [-0.2, 0) is 10.0 Å². The molecule has 0 bridgehead atoms. The second-order valence-electron chi connectivity index (χ2n) is 7.64. The lowest BCUT2D eigenvalue weighted by Crippen LogP contribution is -2.43. The minimum Gasteiger partial charge on any atom is -0.357 e. The monoisotopic (exact) mass is 486 g/mol. The molecule has 0 unspecified atom stereocenters. The number of nitrogens with zero attached hydrogens (tertiary/aromatic N) is 2. The molecule has 1 heterocycles. The second-order valence-corrected chi connectivity index (χ2v) is 9.73. The number of hydrogen-bond donors (Lipinski definition) is 2. The van der Waals surface area contributed by atoms with Gasteiger partial charge in [0.25, 0.3) is 0 Å². The van der Waals surface area contributed by atoms with Crippen molar-refractivity contribution in [1.29, 1.82) is 0 Å². The Morgan fingerprint density at radius 1 is 1.24 bits per heavy atom. The quantitative estimate of drug-likeness (QED) is 0.314. The summed E-state index contributed by atoms with van der Waals surface area (Å²) in [6.45, 7) is 10.1. The summed E-state index contributed by atoms with van der Waals surface area (Å²) in [4.78, 5) is 4.79. The first-order valence-electron chi connectivity index (χ1n) is 9.37. The number of halogens is 1. The predicted molar refractivity (Wildman–Crippen MR) is 115 cm³/mol. The standard InChI is InChI=1S/C17H34N4O2S.HI/c1-4-18-16(19-9-11-21-10-6-12-24(21,22)23)20-14-17(7-5-8-17)13-15(2)3;/h15H,4-14H2,1-3H3,(H2,18,19,20);1H. The number of guanidine groups is 1. The molecule has 1 saturated heterocycles. The summed E-state index contributed by atoms with van der Waals surface area (Å²) in [5.74, 6) is 1.80. The lowest BCUT2D eigenvalue weighted by Gasteiger charge is -2.42. The van der Waals surface area contributed by atoms with Gasteiger partial charge in [0.2, 0.25) is 10.0 Å². The van der Waals surface area contributed by atoms with Gasteiger partial charge < -0.3 is 10.6 Å². The van der Waals surface area contributed by atoms with Gasteiger partial charge >= 0.3 is 0 Å². The van der Waals surface area contributed by atoms with Crippen LogP contribution in [0.5, 0.6) is 0 Å². The number of sulfonamides is 1. The summed E-state index contributed by atoms with van der Waals surface area (Å²) < 4.78 is 25.2. The molecule has 2 aliphatic rings. The van der Waals surface area contributed by atoms with Crippen LogP contribution in [0, 0.1) is 11.3 Å². The maximum Gasteiger partial charge on any atom is 0.214 e. The molecule has 1 saturated carbocycles. The molecule has 0 aromatic heterocycles. The largest absolute Gasteiger partial charge is 0.357 e. The Morgan fingerprint density at radius 3 is 2.44 bits per heavy atom. The molecule has 25 heavy (non-hydrogen) atoms. The average molecular weight is 486 g/mol. The minimum absolute atomic E-state index is 0. The van der Waals surface area contributed by atoms with Gasteiger partial charge in [-0.1, -0.05) is 20.3 Å². The third kappa shape index (κ3) is 6.86. The Kier molecular flexibility index (Phi) is 9.45. The van der Waals surface area contributed by atoms with Gasteiger partial charge in [0, 0.05) is 32.7 Å². The van der Waals surface area contributed by atoms with Crippen molar-refractivity contribution in [3.8, 4) is 0 Å². The molecule has 6 nitrogen and oxygen atoms in total. The van der Waals surface area contributed by atoms with Gasteiger partial charge in [0.15, 0.2) is 5.96 Å². The second kappa shape index (κ2) is 10.3. The highest BCUT2D eigenvalue weighted by Gasteiger charge is 2.37. The third-order valence-electron chi connectivity index (χ3n) is 5.03. The molecular weight excluding hydrogens is 451 g/mol. The van der Waals surface area contributed by atoms with Gasteiger partial charge in [-0.05, 0) is 43.9 Å². The van der Waals surface area contributed by atoms with Crippen LogP contribution in [0.1, 0.15) is 52.9 Å². The van der Waals surface area contributed by atoms with Gasteiger partial charge in [-0.3, -0.25) is 4.99 Å². The van der Waals surface area contributed by atoms with Crippen LogP contribution >= 0.6 is 24.0 Å². The third-order valence-corrected chi connectivity index (χ3v) is 6.99. The van der Waals surface area contributed by atoms with E-state index in [1.54, 1.807) is 4.31 Å². The fourth-order valence-corrected chi connectivity index (χ4v) is 5.33. The Labute approximate surface area is 170 Å². The van der Waals surface area contributed by atoms with E-state index in [9.17, 15) is 8.42 Å². The molecule has 0 amide bonds. The SMILES string of the molecule is CCNC(=NCC1(CC(C)C)CCC1)NCCN1CCCS1(=O)=O.I. The number of hydrogen-bond acceptors (Lipinski definition) is 3. The predicted octanol–water partition coefficient (Wildman–Crippen LogP) is 2.41. The van der Waals surface area contributed by atoms with Gasteiger partial charge in [0.1, 0.15) is 0 Å². The number of aliphatic imine (C=N–C) groups is 1. The van der Waals surface area contributed by atoms with Crippen molar-refractivity contribution < 1.29 is 8.42 Å². The van der Waals surface area contributed by atoms with Crippen LogP contribution in [-0.4, -0.2) is 57.2 Å². The lowest BCUT2D eigenvalue weighted by molar-refractivity contribution is 0.111. The van der Waals surface area contributed by atoms with E-state index in [1.165, 1.54) is 25.7 Å². The summed E-state index contributed by atoms with van der Waals surface area (Å²) in [7, 11) is -3.01.